The maximum absolute atomic E-state index is 13.9. The number of methoxy groups -OCH3 is 1. The first-order chi connectivity index (χ1) is 14.1. The van der Waals surface area contributed by atoms with Gasteiger partial charge < -0.3 is 14.8 Å². The monoisotopic (exact) mass is 391 g/mol. The fourth-order valence-corrected chi connectivity index (χ4v) is 3.17. The lowest BCUT2D eigenvalue weighted by Gasteiger charge is -2.17. The number of halogens is 1. The molecule has 3 nitrogen and oxygen atoms in total. The van der Waals surface area contributed by atoms with E-state index in [4.69, 9.17) is 9.47 Å². The molecule has 0 aliphatic rings. The molecule has 0 atom stereocenters. The molecule has 0 amide bonds. The highest BCUT2D eigenvalue weighted by Crippen LogP contribution is 2.34. The van der Waals surface area contributed by atoms with E-state index in [0.29, 0.717) is 30.0 Å². The molecular weight excluding hydrogens is 365 g/mol. The van der Waals surface area contributed by atoms with Gasteiger partial charge in [0.25, 0.3) is 0 Å². The smallest absolute Gasteiger partial charge is 0.165 e. The van der Waals surface area contributed by atoms with Gasteiger partial charge in [-0.2, -0.15) is 0 Å². The summed E-state index contributed by atoms with van der Waals surface area (Å²) in [5.74, 6) is 0.965. The van der Waals surface area contributed by atoms with Crippen LogP contribution >= 0.6 is 0 Å². The molecule has 0 heterocycles. The fraction of sp³-hybridized carbons (Fsp3) is 0.200. The van der Waals surface area contributed by atoms with Gasteiger partial charge in [0.15, 0.2) is 11.5 Å². The molecule has 0 radical (unpaired) electrons. The zero-order valence-corrected chi connectivity index (χ0v) is 16.9. The average Bonchev–Trinajstić information content (AvgIpc) is 2.72. The first kappa shape index (κ1) is 20.5. The largest absolute Gasteiger partial charge is 0.493 e. The van der Waals surface area contributed by atoms with Crippen molar-refractivity contribution in [2.75, 3.05) is 12.4 Å². The molecule has 3 aromatic carbocycles. The van der Waals surface area contributed by atoms with Crippen molar-refractivity contribution < 1.29 is 13.9 Å². The van der Waals surface area contributed by atoms with Gasteiger partial charge in [0, 0.05) is 23.4 Å². The van der Waals surface area contributed by atoms with Gasteiger partial charge in [-0.05, 0) is 54.8 Å². The number of nitrogens with one attached hydrogen (secondary N) is 1. The van der Waals surface area contributed by atoms with E-state index in [1.165, 1.54) is 11.6 Å². The minimum atomic E-state index is -0.282. The molecule has 29 heavy (non-hydrogen) atoms. The number of hydrogen-bond acceptors (Lipinski definition) is 3. The summed E-state index contributed by atoms with van der Waals surface area (Å²) >= 11 is 0. The van der Waals surface area contributed by atoms with E-state index < -0.39 is 0 Å². The normalized spacial score (nSPS) is 10.4. The van der Waals surface area contributed by atoms with Gasteiger partial charge in [-0.1, -0.05) is 36.4 Å². The van der Waals surface area contributed by atoms with E-state index >= 15 is 0 Å². The maximum Gasteiger partial charge on any atom is 0.165 e. The van der Waals surface area contributed by atoms with E-state index in [2.05, 4.69) is 37.0 Å². The van der Waals surface area contributed by atoms with Gasteiger partial charge >= 0.3 is 0 Å². The SMILES string of the molecule is C=CCc1cc(CNc2cccc(C)c2)cc(OC)c1OCc1ccccc1F. The summed E-state index contributed by atoms with van der Waals surface area (Å²) in [5.41, 5.74) is 4.80. The van der Waals surface area contributed by atoms with Crippen LogP contribution in [0.15, 0.2) is 73.3 Å². The van der Waals surface area contributed by atoms with Gasteiger partial charge in [0.05, 0.1) is 7.11 Å². The minimum Gasteiger partial charge on any atom is -0.493 e. The van der Waals surface area contributed by atoms with Crippen LogP contribution in [0.2, 0.25) is 0 Å². The van der Waals surface area contributed by atoms with E-state index in [1.807, 2.05) is 24.3 Å². The average molecular weight is 391 g/mol. The molecule has 0 saturated carbocycles. The molecule has 1 N–H and O–H groups in total. The summed E-state index contributed by atoms with van der Waals surface area (Å²) in [6.07, 6.45) is 2.45. The molecular formula is C25H26FNO2. The first-order valence-electron chi connectivity index (χ1n) is 9.58. The quantitative estimate of drug-likeness (QED) is 0.450. The Hall–Kier alpha value is -3.27. The lowest BCUT2D eigenvalue weighted by Crippen LogP contribution is -2.05. The second kappa shape index (κ2) is 9.78. The van der Waals surface area contributed by atoms with Crippen molar-refractivity contribution in [3.8, 4) is 11.5 Å². The van der Waals surface area contributed by atoms with Gasteiger partial charge in [-0.25, -0.2) is 4.39 Å². The molecule has 0 bridgehead atoms. The molecule has 150 valence electrons. The third-order valence-corrected chi connectivity index (χ3v) is 4.62. The number of ether oxygens (including phenoxy) is 2. The number of hydrogen-bond donors (Lipinski definition) is 1. The standard InChI is InChI=1S/C25H26FNO2/c1-4-8-20-14-19(16-27-22-11-7-9-18(2)13-22)15-24(28-3)25(20)29-17-21-10-5-6-12-23(21)26/h4-7,9-15,27H,1,8,16-17H2,2-3H3. The number of aryl methyl sites for hydroxylation is 1. The fourth-order valence-electron chi connectivity index (χ4n) is 3.17. The molecule has 0 spiro atoms. The maximum atomic E-state index is 13.9. The molecule has 0 unspecified atom stereocenters. The highest BCUT2D eigenvalue weighted by atomic mass is 19.1. The van der Waals surface area contributed by atoms with Crippen LogP contribution in [0.25, 0.3) is 0 Å². The zero-order valence-electron chi connectivity index (χ0n) is 16.9. The topological polar surface area (TPSA) is 30.5 Å². The molecule has 0 aromatic heterocycles. The summed E-state index contributed by atoms with van der Waals surface area (Å²) in [5, 5.41) is 3.44. The minimum absolute atomic E-state index is 0.133. The third kappa shape index (κ3) is 5.38. The molecule has 0 aliphatic heterocycles. The molecule has 0 aliphatic carbocycles. The number of allylic oxidation sites excluding steroid dienone is 1. The predicted octanol–water partition coefficient (Wildman–Crippen LogP) is 6.06. The summed E-state index contributed by atoms with van der Waals surface area (Å²) in [4.78, 5) is 0. The number of anilines is 1. The summed E-state index contributed by atoms with van der Waals surface area (Å²) in [7, 11) is 1.61. The van der Waals surface area contributed by atoms with Crippen LogP contribution in [0.5, 0.6) is 11.5 Å². The Bertz CT molecular complexity index is 984. The summed E-state index contributed by atoms with van der Waals surface area (Å²) < 4.78 is 25.5. The van der Waals surface area contributed by atoms with E-state index in [0.717, 1.165) is 16.8 Å². The Morgan fingerprint density at radius 3 is 2.59 bits per heavy atom. The van der Waals surface area contributed by atoms with Crippen LogP contribution in [0, 0.1) is 12.7 Å². The number of rotatable bonds is 9. The molecule has 3 rings (SSSR count). The van der Waals surface area contributed by atoms with Crippen molar-refractivity contribution in [2.24, 2.45) is 0 Å². The van der Waals surface area contributed by atoms with Crippen LogP contribution in [-0.2, 0) is 19.6 Å². The van der Waals surface area contributed by atoms with Gasteiger partial charge in [-0.3, -0.25) is 0 Å². The van der Waals surface area contributed by atoms with Crippen LogP contribution in [0.3, 0.4) is 0 Å². The number of benzene rings is 3. The van der Waals surface area contributed by atoms with E-state index in [9.17, 15) is 4.39 Å². The third-order valence-electron chi connectivity index (χ3n) is 4.62. The van der Waals surface area contributed by atoms with Crippen molar-refractivity contribution in [3.05, 3.63) is 101 Å². The summed E-state index contributed by atoms with van der Waals surface area (Å²) in [6, 6.07) is 18.9. The Morgan fingerprint density at radius 1 is 1.03 bits per heavy atom. The molecule has 0 fully saturated rings. The van der Waals surface area contributed by atoms with Crippen molar-refractivity contribution in [1.29, 1.82) is 0 Å². The van der Waals surface area contributed by atoms with Crippen LogP contribution < -0.4 is 14.8 Å². The molecule has 4 heteroatoms. The first-order valence-corrected chi connectivity index (χ1v) is 9.58. The Balaban J connectivity index is 1.82. The van der Waals surface area contributed by atoms with Crippen molar-refractivity contribution in [2.45, 2.75) is 26.5 Å². The van der Waals surface area contributed by atoms with Crippen molar-refractivity contribution >= 4 is 5.69 Å². The molecule has 3 aromatic rings. The van der Waals surface area contributed by atoms with Crippen LogP contribution in [0.1, 0.15) is 22.3 Å². The van der Waals surface area contributed by atoms with Gasteiger partial charge in [0.1, 0.15) is 12.4 Å². The Kier molecular flexibility index (Phi) is 6.90. The van der Waals surface area contributed by atoms with Crippen molar-refractivity contribution in [3.63, 3.8) is 0 Å². The van der Waals surface area contributed by atoms with E-state index in [1.54, 1.807) is 25.3 Å². The Labute approximate surface area is 171 Å². The zero-order chi connectivity index (χ0) is 20.6. The second-order valence-electron chi connectivity index (χ2n) is 6.88. The van der Waals surface area contributed by atoms with Gasteiger partial charge in [0.2, 0.25) is 0 Å². The highest BCUT2D eigenvalue weighted by molar-refractivity contribution is 5.52. The second-order valence-corrected chi connectivity index (χ2v) is 6.88. The highest BCUT2D eigenvalue weighted by Gasteiger charge is 2.14. The Morgan fingerprint density at radius 2 is 1.86 bits per heavy atom. The van der Waals surface area contributed by atoms with E-state index in [-0.39, 0.29) is 12.4 Å². The van der Waals surface area contributed by atoms with Gasteiger partial charge in [-0.15, -0.1) is 6.58 Å². The van der Waals surface area contributed by atoms with Crippen LogP contribution in [-0.4, -0.2) is 7.11 Å². The lowest BCUT2D eigenvalue weighted by atomic mass is 10.0. The van der Waals surface area contributed by atoms with Crippen molar-refractivity contribution in [1.82, 2.24) is 0 Å². The summed E-state index contributed by atoms with van der Waals surface area (Å²) in [6.45, 7) is 6.70. The molecule has 0 saturated heterocycles. The lowest BCUT2D eigenvalue weighted by molar-refractivity contribution is 0.277. The van der Waals surface area contributed by atoms with Crippen LogP contribution in [0.4, 0.5) is 10.1 Å². The predicted molar refractivity (Wildman–Crippen MR) is 116 cm³/mol.